The van der Waals surface area contributed by atoms with Crippen molar-refractivity contribution in [3.05, 3.63) is 146 Å². The van der Waals surface area contributed by atoms with Crippen molar-refractivity contribution < 1.29 is 0 Å². The third kappa shape index (κ3) is 2.83. The molecule has 0 spiro atoms. The lowest BCUT2D eigenvalue weighted by Crippen LogP contribution is -1.96. The first-order chi connectivity index (χ1) is 20.8. The topological polar surface area (TPSA) is 9.86 Å². The van der Waals surface area contributed by atoms with E-state index in [4.69, 9.17) is 0 Å². The summed E-state index contributed by atoms with van der Waals surface area (Å²) >= 11 is 0. The molecule has 2 heteroatoms. The van der Waals surface area contributed by atoms with Gasteiger partial charge in [0.25, 0.3) is 0 Å². The molecule has 8 aromatic carbocycles. The molecule has 0 unspecified atom stereocenters. The fourth-order valence-electron chi connectivity index (χ4n) is 7.46. The maximum atomic E-state index is 2.42. The average Bonchev–Trinajstić information content (AvgIpc) is 3.56. The molecule has 42 heavy (non-hydrogen) atoms. The first-order valence-electron chi connectivity index (χ1n) is 14.5. The molecule has 0 N–H and O–H groups in total. The van der Waals surface area contributed by atoms with Crippen molar-refractivity contribution in [2.24, 2.45) is 0 Å². The van der Waals surface area contributed by atoms with Crippen LogP contribution in [0.5, 0.6) is 0 Å². The van der Waals surface area contributed by atoms with E-state index in [0.717, 1.165) is 0 Å². The van der Waals surface area contributed by atoms with Crippen LogP contribution >= 0.6 is 0 Å². The molecule has 0 fully saturated rings. The lowest BCUT2D eigenvalue weighted by molar-refractivity contribution is 1.19. The Morgan fingerprint density at radius 1 is 0.286 bits per heavy atom. The summed E-state index contributed by atoms with van der Waals surface area (Å²) in [6.07, 6.45) is 0. The summed E-state index contributed by atoms with van der Waals surface area (Å²) in [5.74, 6) is 0. The smallest absolute Gasteiger partial charge is 0.0541 e. The number of hydrogen-bond donors (Lipinski definition) is 0. The highest BCUT2D eigenvalue weighted by molar-refractivity contribution is 6.24. The number of hydrogen-bond acceptors (Lipinski definition) is 0. The van der Waals surface area contributed by atoms with Gasteiger partial charge in [0.1, 0.15) is 0 Å². The van der Waals surface area contributed by atoms with Crippen LogP contribution in [-0.2, 0) is 0 Å². The highest BCUT2D eigenvalue weighted by Crippen LogP contribution is 2.40. The summed E-state index contributed by atoms with van der Waals surface area (Å²) in [5.41, 5.74) is 7.35. The summed E-state index contributed by atoms with van der Waals surface area (Å²) < 4.78 is 4.83. The lowest BCUT2D eigenvalue weighted by Gasteiger charge is -2.16. The Kier molecular flexibility index (Phi) is 4.21. The van der Waals surface area contributed by atoms with E-state index in [9.17, 15) is 0 Å². The van der Waals surface area contributed by atoms with E-state index in [1.807, 2.05) is 0 Å². The Morgan fingerprint density at radius 2 is 0.548 bits per heavy atom. The second-order valence-corrected chi connectivity index (χ2v) is 11.4. The normalized spacial score (nSPS) is 12.3. The Balaban J connectivity index is 1.25. The van der Waals surface area contributed by atoms with Crippen LogP contribution in [0.2, 0.25) is 0 Å². The van der Waals surface area contributed by atoms with Crippen LogP contribution in [0.15, 0.2) is 146 Å². The van der Waals surface area contributed by atoms with Gasteiger partial charge in [0.05, 0.1) is 22.1 Å². The number of nitrogens with zero attached hydrogens (tertiary/aromatic N) is 2. The summed E-state index contributed by atoms with van der Waals surface area (Å²) in [6.45, 7) is 0. The van der Waals surface area contributed by atoms with E-state index in [0.29, 0.717) is 0 Å². The molecule has 0 aliphatic rings. The zero-order valence-corrected chi connectivity index (χ0v) is 22.8. The van der Waals surface area contributed by atoms with Gasteiger partial charge >= 0.3 is 0 Å². The summed E-state index contributed by atoms with van der Waals surface area (Å²) in [6, 6.07) is 53.6. The largest absolute Gasteiger partial charge is 0.309 e. The molecular formula is C40H24N2. The minimum Gasteiger partial charge on any atom is -0.309 e. The fourth-order valence-corrected chi connectivity index (χ4v) is 7.46. The summed E-state index contributed by atoms with van der Waals surface area (Å²) in [4.78, 5) is 0. The molecule has 0 aliphatic heterocycles. The molecule has 0 atom stereocenters. The molecule has 0 saturated carbocycles. The molecule has 10 rings (SSSR count). The van der Waals surface area contributed by atoms with Crippen molar-refractivity contribution in [3.63, 3.8) is 0 Å². The lowest BCUT2D eigenvalue weighted by atomic mass is 9.93. The van der Waals surface area contributed by atoms with Crippen molar-refractivity contribution in [1.29, 1.82) is 0 Å². The summed E-state index contributed by atoms with van der Waals surface area (Å²) in [7, 11) is 0. The highest BCUT2D eigenvalue weighted by Gasteiger charge is 2.17. The van der Waals surface area contributed by atoms with E-state index < -0.39 is 0 Å². The zero-order valence-electron chi connectivity index (χ0n) is 22.8. The molecular weight excluding hydrogens is 508 g/mol. The van der Waals surface area contributed by atoms with Gasteiger partial charge in [0, 0.05) is 32.9 Å². The van der Waals surface area contributed by atoms with Crippen LogP contribution in [-0.4, -0.2) is 9.13 Å². The van der Waals surface area contributed by atoms with E-state index >= 15 is 0 Å². The molecule has 2 heterocycles. The third-order valence-electron chi connectivity index (χ3n) is 9.18. The minimum absolute atomic E-state index is 1.20. The fraction of sp³-hybridized carbons (Fsp3) is 0. The molecule has 2 nitrogen and oxygen atoms in total. The van der Waals surface area contributed by atoms with Gasteiger partial charge in [-0.3, -0.25) is 0 Å². The van der Waals surface area contributed by atoms with Gasteiger partial charge in [-0.1, -0.05) is 97.1 Å². The maximum absolute atomic E-state index is 2.42. The minimum atomic E-state index is 1.20. The molecule has 0 amide bonds. The Labute approximate surface area is 241 Å². The SMILES string of the molecule is c1ccc2c(c1)c1ccccc1n2-c1cc2ccc3cc(-n4c5ccccc5c5ccccc54)cc4ccc(c1)c2c34. The molecule has 10 aromatic rings. The second kappa shape index (κ2) is 7.99. The van der Waals surface area contributed by atoms with Gasteiger partial charge in [0.2, 0.25) is 0 Å². The molecule has 2 aromatic heterocycles. The van der Waals surface area contributed by atoms with Crippen LogP contribution in [0.25, 0.3) is 87.3 Å². The highest BCUT2D eigenvalue weighted by atomic mass is 15.0. The van der Waals surface area contributed by atoms with Crippen molar-refractivity contribution in [2.75, 3.05) is 0 Å². The first kappa shape index (κ1) is 22.1. The average molecular weight is 533 g/mol. The van der Waals surface area contributed by atoms with Gasteiger partial charge in [0.15, 0.2) is 0 Å². The van der Waals surface area contributed by atoms with Crippen LogP contribution in [0.4, 0.5) is 0 Å². The molecule has 0 saturated heterocycles. The van der Waals surface area contributed by atoms with Gasteiger partial charge in [-0.15, -0.1) is 0 Å². The summed E-state index contributed by atoms with van der Waals surface area (Å²) in [5, 5.41) is 12.9. The third-order valence-corrected chi connectivity index (χ3v) is 9.18. The predicted molar refractivity (Wildman–Crippen MR) is 179 cm³/mol. The predicted octanol–water partition coefficient (Wildman–Crippen LogP) is 10.8. The van der Waals surface area contributed by atoms with Crippen molar-refractivity contribution >= 4 is 75.9 Å². The number of rotatable bonds is 2. The van der Waals surface area contributed by atoms with Crippen LogP contribution in [0, 0.1) is 0 Å². The quantitative estimate of drug-likeness (QED) is 0.196. The van der Waals surface area contributed by atoms with Gasteiger partial charge in [-0.2, -0.15) is 0 Å². The Morgan fingerprint density at radius 3 is 0.833 bits per heavy atom. The van der Waals surface area contributed by atoms with Crippen LogP contribution in [0.3, 0.4) is 0 Å². The van der Waals surface area contributed by atoms with Gasteiger partial charge in [-0.05, 0) is 80.8 Å². The molecule has 0 radical (unpaired) electrons. The van der Waals surface area contributed by atoms with Gasteiger partial charge < -0.3 is 9.13 Å². The van der Waals surface area contributed by atoms with E-state index in [1.54, 1.807) is 0 Å². The first-order valence-corrected chi connectivity index (χ1v) is 14.5. The number of para-hydroxylation sites is 4. The Hall–Kier alpha value is -5.60. The van der Waals surface area contributed by atoms with Crippen molar-refractivity contribution in [3.8, 4) is 11.4 Å². The number of aromatic nitrogens is 2. The van der Waals surface area contributed by atoms with Crippen LogP contribution in [0.1, 0.15) is 0 Å². The van der Waals surface area contributed by atoms with E-state index in [2.05, 4.69) is 155 Å². The molecule has 0 aliphatic carbocycles. The van der Waals surface area contributed by atoms with Crippen LogP contribution < -0.4 is 0 Å². The standard InChI is InChI=1S/C40H24N2/c1-5-13-35-31(9-1)32-10-2-6-14-36(32)41(35)29-21-25-17-19-27-23-30(24-28-20-18-26(22-29)39(25)40(27)28)42-37-15-7-3-11-33(37)34-12-4-8-16-38(34)42/h1-24H. The van der Waals surface area contributed by atoms with E-state index in [1.165, 1.54) is 87.3 Å². The molecule has 194 valence electrons. The maximum Gasteiger partial charge on any atom is 0.0541 e. The molecule has 0 bridgehead atoms. The monoisotopic (exact) mass is 532 g/mol. The van der Waals surface area contributed by atoms with E-state index in [-0.39, 0.29) is 0 Å². The Bertz CT molecular complexity index is 2320. The van der Waals surface area contributed by atoms with Crippen molar-refractivity contribution in [1.82, 2.24) is 9.13 Å². The number of fused-ring (bicyclic) bond motifs is 6. The van der Waals surface area contributed by atoms with Crippen molar-refractivity contribution in [2.45, 2.75) is 0 Å². The number of benzene rings is 8. The van der Waals surface area contributed by atoms with Gasteiger partial charge in [-0.25, -0.2) is 0 Å². The second-order valence-electron chi connectivity index (χ2n) is 11.4. The zero-order chi connectivity index (χ0) is 27.4.